The Labute approximate surface area is 112 Å². The van der Waals surface area contributed by atoms with Crippen molar-refractivity contribution >= 4 is 18.5 Å². The lowest BCUT2D eigenvalue weighted by molar-refractivity contribution is 0.00578. The van der Waals surface area contributed by atoms with Crippen LogP contribution in [0.15, 0.2) is 18.2 Å². The van der Waals surface area contributed by atoms with E-state index in [-0.39, 0.29) is 11.0 Å². The zero-order valence-corrected chi connectivity index (χ0v) is 11.5. The Morgan fingerprint density at radius 2 is 1.74 bits per heavy atom. The van der Waals surface area contributed by atoms with Gasteiger partial charge in [0.1, 0.15) is 5.82 Å². The molecule has 1 aromatic carbocycles. The summed E-state index contributed by atoms with van der Waals surface area (Å²) >= 11 is 0. The first-order valence-electron chi connectivity index (χ1n) is 6.09. The van der Waals surface area contributed by atoms with Crippen LogP contribution in [-0.2, 0) is 9.31 Å². The number of primary amides is 1. The summed E-state index contributed by atoms with van der Waals surface area (Å²) in [4.78, 5) is 11.1. The number of nitrogens with two attached hydrogens (primary N) is 1. The Hall–Kier alpha value is -1.40. The van der Waals surface area contributed by atoms with Crippen molar-refractivity contribution in [2.24, 2.45) is 5.73 Å². The normalized spacial score (nSPS) is 20.6. The number of halogens is 1. The van der Waals surface area contributed by atoms with Gasteiger partial charge < -0.3 is 15.0 Å². The summed E-state index contributed by atoms with van der Waals surface area (Å²) in [6.07, 6.45) is 0. The van der Waals surface area contributed by atoms with Crippen molar-refractivity contribution in [1.29, 1.82) is 0 Å². The highest BCUT2D eigenvalue weighted by atomic mass is 19.1. The number of carbonyl (C=O) groups is 1. The fourth-order valence-corrected chi connectivity index (χ4v) is 1.89. The Kier molecular flexibility index (Phi) is 3.19. The van der Waals surface area contributed by atoms with Crippen molar-refractivity contribution in [2.75, 3.05) is 0 Å². The molecule has 2 rings (SSSR count). The average Bonchev–Trinajstić information content (AvgIpc) is 2.47. The highest BCUT2D eigenvalue weighted by molar-refractivity contribution is 6.62. The number of rotatable bonds is 2. The summed E-state index contributed by atoms with van der Waals surface area (Å²) in [6, 6.07) is 4.43. The fourth-order valence-electron chi connectivity index (χ4n) is 1.89. The molecule has 102 valence electrons. The molecule has 1 fully saturated rings. The van der Waals surface area contributed by atoms with Gasteiger partial charge in [0.25, 0.3) is 5.91 Å². The van der Waals surface area contributed by atoms with Gasteiger partial charge >= 0.3 is 7.12 Å². The molecule has 1 amide bonds. The van der Waals surface area contributed by atoms with E-state index in [1.807, 2.05) is 27.7 Å². The van der Waals surface area contributed by atoms with Crippen LogP contribution < -0.4 is 11.2 Å². The van der Waals surface area contributed by atoms with Crippen LogP contribution in [0.2, 0.25) is 0 Å². The maximum absolute atomic E-state index is 14.2. The van der Waals surface area contributed by atoms with Crippen LogP contribution in [0, 0.1) is 5.82 Å². The largest absolute Gasteiger partial charge is 0.497 e. The maximum Gasteiger partial charge on any atom is 0.497 e. The van der Waals surface area contributed by atoms with Gasteiger partial charge in [0, 0.05) is 5.46 Å². The SMILES string of the molecule is CC1(C)OB(c2cccc(C(N)=O)c2F)OC1(C)C. The second-order valence-corrected chi connectivity index (χ2v) is 5.66. The molecular weight excluding hydrogens is 248 g/mol. The van der Waals surface area contributed by atoms with Gasteiger partial charge in [-0.15, -0.1) is 0 Å². The first kappa shape index (κ1) is 14.0. The van der Waals surface area contributed by atoms with E-state index < -0.39 is 30.0 Å². The highest BCUT2D eigenvalue weighted by Gasteiger charge is 2.52. The van der Waals surface area contributed by atoms with E-state index >= 15 is 0 Å². The maximum atomic E-state index is 14.2. The van der Waals surface area contributed by atoms with Crippen molar-refractivity contribution in [1.82, 2.24) is 0 Å². The molecule has 19 heavy (non-hydrogen) atoms. The van der Waals surface area contributed by atoms with Crippen LogP contribution in [0.5, 0.6) is 0 Å². The Balaban J connectivity index is 2.40. The van der Waals surface area contributed by atoms with Gasteiger partial charge in [0.2, 0.25) is 0 Å². The molecule has 0 atom stereocenters. The third-order valence-corrected chi connectivity index (χ3v) is 3.80. The van der Waals surface area contributed by atoms with E-state index in [0.29, 0.717) is 0 Å². The summed E-state index contributed by atoms with van der Waals surface area (Å²) < 4.78 is 25.7. The van der Waals surface area contributed by atoms with E-state index in [0.717, 1.165) is 0 Å². The van der Waals surface area contributed by atoms with E-state index in [2.05, 4.69) is 0 Å². The fraction of sp³-hybridized carbons (Fsp3) is 0.462. The van der Waals surface area contributed by atoms with Gasteiger partial charge in [0.05, 0.1) is 16.8 Å². The van der Waals surface area contributed by atoms with Crippen molar-refractivity contribution in [3.63, 3.8) is 0 Å². The molecule has 1 saturated heterocycles. The molecule has 0 saturated carbocycles. The van der Waals surface area contributed by atoms with Gasteiger partial charge in [-0.3, -0.25) is 4.79 Å². The van der Waals surface area contributed by atoms with Gasteiger partial charge in [-0.25, -0.2) is 4.39 Å². The molecule has 0 bridgehead atoms. The predicted molar refractivity (Wildman–Crippen MR) is 70.6 cm³/mol. The average molecular weight is 265 g/mol. The van der Waals surface area contributed by atoms with Crippen molar-refractivity contribution in [2.45, 2.75) is 38.9 Å². The van der Waals surface area contributed by atoms with E-state index in [4.69, 9.17) is 15.0 Å². The number of carbonyl (C=O) groups excluding carboxylic acids is 1. The second kappa shape index (κ2) is 4.32. The Bertz CT molecular complexity index is 515. The molecule has 1 aromatic rings. The lowest BCUT2D eigenvalue weighted by atomic mass is 9.78. The molecule has 0 spiro atoms. The molecule has 0 aromatic heterocycles. The molecule has 1 aliphatic heterocycles. The van der Waals surface area contributed by atoms with Gasteiger partial charge in [0.15, 0.2) is 0 Å². The van der Waals surface area contributed by atoms with Crippen LogP contribution >= 0.6 is 0 Å². The predicted octanol–water partition coefficient (Wildman–Crippen LogP) is 1.22. The summed E-state index contributed by atoms with van der Waals surface area (Å²) in [5, 5.41) is 0. The van der Waals surface area contributed by atoms with Crippen LogP contribution in [0.4, 0.5) is 4.39 Å². The molecule has 1 aliphatic rings. The third kappa shape index (κ3) is 2.26. The van der Waals surface area contributed by atoms with E-state index in [9.17, 15) is 9.18 Å². The van der Waals surface area contributed by atoms with E-state index in [1.54, 1.807) is 6.07 Å². The molecular formula is C13H17BFNO3. The van der Waals surface area contributed by atoms with Crippen LogP contribution in [0.1, 0.15) is 38.1 Å². The van der Waals surface area contributed by atoms with Gasteiger partial charge in [-0.2, -0.15) is 0 Å². The summed E-state index contributed by atoms with van der Waals surface area (Å²) in [5.74, 6) is -1.50. The zero-order valence-electron chi connectivity index (χ0n) is 11.5. The van der Waals surface area contributed by atoms with Crippen LogP contribution in [0.3, 0.4) is 0 Å². The smallest absolute Gasteiger partial charge is 0.399 e. The summed E-state index contributed by atoms with van der Waals surface area (Å²) in [5.41, 5.74) is 4.03. The van der Waals surface area contributed by atoms with Crippen molar-refractivity contribution < 1.29 is 18.5 Å². The number of benzene rings is 1. The molecule has 2 N–H and O–H groups in total. The standard InChI is InChI=1S/C13H17BFNO3/c1-12(2)13(3,4)19-14(18-12)9-7-5-6-8(10(9)15)11(16)17/h5-7H,1-4H3,(H2,16,17). The summed E-state index contributed by atoms with van der Waals surface area (Å²) in [6.45, 7) is 7.51. The number of amides is 1. The minimum atomic E-state index is -0.843. The lowest BCUT2D eigenvalue weighted by Crippen LogP contribution is -2.41. The molecule has 6 heteroatoms. The van der Waals surface area contributed by atoms with Crippen LogP contribution in [0.25, 0.3) is 0 Å². The molecule has 0 unspecified atom stereocenters. The second-order valence-electron chi connectivity index (χ2n) is 5.66. The van der Waals surface area contributed by atoms with Crippen molar-refractivity contribution in [3.05, 3.63) is 29.6 Å². The quantitative estimate of drug-likeness (QED) is 0.818. The minimum Gasteiger partial charge on any atom is -0.399 e. The highest BCUT2D eigenvalue weighted by Crippen LogP contribution is 2.36. The number of hydrogen-bond donors (Lipinski definition) is 1. The monoisotopic (exact) mass is 265 g/mol. The molecule has 1 heterocycles. The van der Waals surface area contributed by atoms with Crippen molar-refractivity contribution in [3.8, 4) is 0 Å². The zero-order chi connectivity index (χ0) is 14.4. The van der Waals surface area contributed by atoms with E-state index in [1.165, 1.54) is 12.1 Å². The Morgan fingerprint density at radius 1 is 1.21 bits per heavy atom. The lowest BCUT2D eigenvalue weighted by Gasteiger charge is -2.32. The number of hydrogen-bond acceptors (Lipinski definition) is 3. The first-order valence-corrected chi connectivity index (χ1v) is 6.09. The van der Waals surface area contributed by atoms with Crippen LogP contribution in [-0.4, -0.2) is 24.2 Å². The van der Waals surface area contributed by atoms with Gasteiger partial charge in [-0.05, 0) is 33.8 Å². The topological polar surface area (TPSA) is 61.5 Å². The minimum absolute atomic E-state index is 0.160. The summed E-state index contributed by atoms with van der Waals surface area (Å²) in [7, 11) is -0.843. The molecule has 0 radical (unpaired) electrons. The van der Waals surface area contributed by atoms with Gasteiger partial charge in [-0.1, -0.05) is 12.1 Å². The first-order chi connectivity index (χ1) is 8.66. The Morgan fingerprint density at radius 3 is 2.21 bits per heavy atom. The molecule has 4 nitrogen and oxygen atoms in total. The molecule has 0 aliphatic carbocycles. The third-order valence-electron chi connectivity index (χ3n) is 3.80.